The van der Waals surface area contributed by atoms with Crippen LogP contribution in [0, 0.1) is 0 Å². The van der Waals surface area contributed by atoms with E-state index in [1.54, 1.807) is 6.92 Å². The molecule has 3 nitrogen and oxygen atoms in total. The quantitative estimate of drug-likeness (QED) is 0.864. The maximum Gasteiger partial charge on any atom is 0.154 e. The molecule has 0 saturated carbocycles. The van der Waals surface area contributed by atoms with Crippen LogP contribution in [0.25, 0.3) is 0 Å². The highest BCUT2D eigenvalue weighted by atomic mass is 79.9. The first kappa shape index (κ1) is 13.1. The van der Waals surface area contributed by atoms with E-state index >= 15 is 0 Å². The molecule has 0 amide bonds. The molecule has 0 bridgehead atoms. The molecular formula is C12H16BrNO2S. The van der Waals surface area contributed by atoms with E-state index in [9.17, 15) is 8.42 Å². The van der Waals surface area contributed by atoms with Crippen molar-refractivity contribution >= 4 is 25.8 Å². The lowest BCUT2D eigenvalue weighted by Gasteiger charge is -2.17. The molecule has 0 aromatic heterocycles. The van der Waals surface area contributed by atoms with Crippen molar-refractivity contribution in [3.8, 4) is 0 Å². The van der Waals surface area contributed by atoms with Crippen LogP contribution in [0.5, 0.6) is 0 Å². The Labute approximate surface area is 111 Å². The van der Waals surface area contributed by atoms with E-state index in [0.717, 1.165) is 16.6 Å². The van der Waals surface area contributed by atoms with Crippen molar-refractivity contribution in [1.82, 2.24) is 5.32 Å². The van der Waals surface area contributed by atoms with Gasteiger partial charge >= 0.3 is 0 Å². The van der Waals surface area contributed by atoms with Gasteiger partial charge in [-0.05, 0) is 31.5 Å². The molecule has 1 aromatic rings. The fourth-order valence-electron chi connectivity index (χ4n) is 2.05. The number of rotatable bonds is 1. The Hall–Kier alpha value is -0.390. The lowest BCUT2D eigenvalue weighted by atomic mass is 10.1. The van der Waals surface area contributed by atoms with E-state index in [1.807, 2.05) is 24.3 Å². The molecule has 1 aliphatic heterocycles. The SMILES string of the molecule is CC1CCNC(c2ccccc2Br)CS1(=O)=O. The summed E-state index contributed by atoms with van der Waals surface area (Å²) in [4.78, 5) is 0. The Morgan fingerprint density at radius 3 is 2.76 bits per heavy atom. The Bertz CT molecular complexity index is 501. The molecule has 2 unspecified atom stereocenters. The molecule has 1 aliphatic rings. The van der Waals surface area contributed by atoms with Gasteiger partial charge in [-0.25, -0.2) is 8.42 Å². The van der Waals surface area contributed by atoms with Crippen LogP contribution >= 0.6 is 15.9 Å². The van der Waals surface area contributed by atoms with E-state index in [4.69, 9.17) is 0 Å². The molecule has 2 atom stereocenters. The standard InChI is InChI=1S/C12H16BrNO2S/c1-9-6-7-14-12(8-17(9,15)16)10-4-2-3-5-11(10)13/h2-5,9,12,14H,6-8H2,1H3. The predicted octanol–water partition coefficient (Wildman–Crippen LogP) is 2.29. The van der Waals surface area contributed by atoms with Crippen molar-refractivity contribution in [3.63, 3.8) is 0 Å². The molecule has 5 heteroatoms. The molecular weight excluding hydrogens is 302 g/mol. The predicted molar refractivity (Wildman–Crippen MR) is 72.8 cm³/mol. The summed E-state index contributed by atoms with van der Waals surface area (Å²) in [5, 5.41) is 3.07. The van der Waals surface area contributed by atoms with Crippen molar-refractivity contribution < 1.29 is 8.42 Å². The number of nitrogens with one attached hydrogen (secondary N) is 1. The summed E-state index contributed by atoms with van der Waals surface area (Å²) in [6.45, 7) is 2.53. The van der Waals surface area contributed by atoms with Crippen LogP contribution in [0.3, 0.4) is 0 Å². The smallest absolute Gasteiger partial charge is 0.154 e. The molecule has 0 aliphatic carbocycles. The first-order valence-electron chi connectivity index (χ1n) is 5.70. The molecule has 1 heterocycles. The van der Waals surface area contributed by atoms with Crippen LogP contribution in [0.2, 0.25) is 0 Å². The van der Waals surface area contributed by atoms with E-state index < -0.39 is 9.84 Å². The summed E-state index contributed by atoms with van der Waals surface area (Å²) in [6, 6.07) is 7.66. The lowest BCUT2D eigenvalue weighted by molar-refractivity contribution is 0.570. The van der Waals surface area contributed by atoms with Crippen LogP contribution in [-0.4, -0.2) is 26.0 Å². The van der Waals surface area contributed by atoms with E-state index in [0.29, 0.717) is 6.42 Å². The molecule has 1 aromatic carbocycles. The molecule has 17 heavy (non-hydrogen) atoms. The zero-order valence-electron chi connectivity index (χ0n) is 9.69. The number of sulfone groups is 1. The second-order valence-corrected chi connectivity index (χ2v) is 7.78. The largest absolute Gasteiger partial charge is 0.309 e. The molecule has 1 fully saturated rings. The summed E-state index contributed by atoms with van der Waals surface area (Å²) in [5.74, 6) is 0.177. The summed E-state index contributed by atoms with van der Waals surface area (Å²) >= 11 is 3.48. The van der Waals surface area contributed by atoms with Crippen LogP contribution in [-0.2, 0) is 9.84 Å². The Morgan fingerprint density at radius 1 is 1.35 bits per heavy atom. The summed E-state index contributed by atoms with van der Waals surface area (Å²) < 4.78 is 25.0. The number of hydrogen-bond donors (Lipinski definition) is 1. The number of halogens is 1. The highest BCUT2D eigenvalue weighted by Gasteiger charge is 2.29. The van der Waals surface area contributed by atoms with Crippen molar-refractivity contribution in [2.75, 3.05) is 12.3 Å². The Kier molecular flexibility index (Phi) is 3.90. The summed E-state index contributed by atoms with van der Waals surface area (Å²) in [5.41, 5.74) is 1.02. The van der Waals surface area contributed by atoms with Gasteiger partial charge in [0.05, 0.1) is 11.0 Å². The third-order valence-corrected chi connectivity index (χ3v) is 6.22. The fraction of sp³-hybridized carbons (Fsp3) is 0.500. The van der Waals surface area contributed by atoms with Crippen LogP contribution < -0.4 is 5.32 Å². The maximum absolute atomic E-state index is 12.0. The minimum atomic E-state index is -3.00. The number of hydrogen-bond acceptors (Lipinski definition) is 3. The highest BCUT2D eigenvalue weighted by molar-refractivity contribution is 9.10. The third-order valence-electron chi connectivity index (χ3n) is 3.23. The maximum atomic E-state index is 12.0. The monoisotopic (exact) mass is 317 g/mol. The van der Waals surface area contributed by atoms with Gasteiger partial charge in [0.25, 0.3) is 0 Å². The molecule has 1 N–H and O–H groups in total. The van der Waals surface area contributed by atoms with Gasteiger partial charge in [0.15, 0.2) is 9.84 Å². The van der Waals surface area contributed by atoms with Gasteiger partial charge in [-0.1, -0.05) is 34.1 Å². The Balaban J connectivity index is 2.31. The highest BCUT2D eigenvalue weighted by Crippen LogP contribution is 2.27. The topological polar surface area (TPSA) is 46.2 Å². The van der Waals surface area contributed by atoms with E-state index in [1.165, 1.54) is 0 Å². The van der Waals surface area contributed by atoms with Gasteiger partial charge in [0.2, 0.25) is 0 Å². The van der Waals surface area contributed by atoms with Gasteiger partial charge in [0.1, 0.15) is 0 Å². The lowest BCUT2D eigenvalue weighted by Crippen LogP contribution is -2.26. The van der Waals surface area contributed by atoms with Crippen LogP contribution in [0.15, 0.2) is 28.7 Å². The zero-order valence-corrected chi connectivity index (χ0v) is 12.1. The minimum absolute atomic E-state index is 0.111. The van der Waals surface area contributed by atoms with E-state index in [2.05, 4.69) is 21.2 Å². The molecule has 1 saturated heterocycles. The molecule has 0 spiro atoms. The first-order chi connectivity index (χ1) is 8.00. The summed E-state index contributed by atoms with van der Waals surface area (Å²) in [6.07, 6.45) is 0.684. The third kappa shape index (κ3) is 2.89. The molecule has 94 valence electrons. The Morgan fingerprint density at radius 2 is 2.06 bits per heavy atom. The first-order valence-corrected chi connectivity index (χ1v) is 8.21. The van der Waals surface area contributed by atoms with Gasteiger partial charge in [-0.2, -0.15) is 0 Å². The average Bonchev–Trinajstić information content (AvgIpc) is 2.39. The number of benzene rings is 1. The fourth-order valence-corrected chi connectivity index (χ4v) is 4.18. The van der Waals surface area contributed by atoms with Crippen molar-refractivity contribution in [3.05, 3.63) is 34.3 Å². The van der Waals surface area contributed by atoms with Gasteiger partial charge in [0, 0.05) is 10.5 Å². The minimum Gasteiger partial charge on any atom is -0.309 e. The van der Waals surface area contributed by atoms with Crippen molar-refractivity contribution in [1.29, 1.82) is 0 Å². The van der Waals surface area contributed by atoms with Crippen LogP contribution in [0.1, 0.15) is 24.9 Å². The second-order valence-electron chi connectivity index (χ2n) is 4.46. The second kappa shape index (κ2) is 5.08. The summed E-state index contributed by atoms with van der Waals surface area (Å²) in [7, 11) is -3.00. The zero-order chi connectivity index (χ0) is 12.5. The van der Waals surface area contributed by atoms with Crippen LogP contribution in [0.4, 0.5) is 0 Å². The van der Waals surface area contributed by atoms with Gasteiger partial charge in [-0.15, -0.1) is 0 Å². The van der Waals surface area contributed by atoms with Crippen molar-refractivity contribution in [2.45, 2.75) is 24.6 Å². The normalized spacial score (nSPS) is 28.6. The van der Waals surface area contributed by atoms with E-state index in [-0.39, 0.29) is 17.0 Å². The molecule has 0 radical (unpaired) electrons. The average molecular weight is 318 g/mol. The van der Waals surface area contributed by atoms with Gasteiger partial charge < -0.3 is 5.32 Å². The van der Waals surface area contributed by atoms with Crippen molar-refractivity contribution in [2.24, 2.45) is 0 Å². The van der Waals surface area contributed by atoms with Gasteiger partial charge in [-0.3, -0.25) is 0 Å². The molecule has 2 rings (SSSR count).